The van der Waals surface area contributed by atoms with Crippen LogP contribution in [0.4, 0.5) is 0 Å². The molecular weight excluding hydrogens is 878 g/mol. The zero-order valence-electron chi connectivity index (χ0n) is 39.1. The van der Waals surface area contributed by atoms with Crippen LogP contribution in [0.1, 0.15) is 93.1 Å². The number of fused-ring (bicyclic) bond motifs is 5. The largest absolute Gasteiger partial charge is 0.508 e. The highest BCUT2D eigenvalue weighted by molar-refractivity contribution is 6.74. The van der Waals surface area contributed by atoms with Crippen LogP contribution in [0.15, 0.2) is 132 Å². The van der Waals surface area contributed by atoms with E-state index >= 15 is 9.59 Å². The number of halogens is 1. The molecule has 0 fully saturated rings. The van der Waals surface area contributed by atoms with Crippen LogP contribution < -0.4 is 9.47 Å². The quantitative estimate of drug-likeness (QED) is 0.0804. The Labute approximate surface area is 400 Å². The molecule has 0 saturated carbocycles. The maximum atomic E-state index is 16.0. The molecule has 4 atom stereocenters. The highest BCUT2D eigenvalue weighted by Gasteiger charge is 2.67. The molecule has 1 aliphatic heterocycles. The molecule has 0 radical (unpaired) electrons. The monoisotopic (exact) mass is 937 g/mol. The van der Waals surface area contributed by atoms with Gasteiger partial charge in [0.1, 0.15) is 30.3 Å². The second-order valence-corrected chi connectivity index (χ2v) is 25.0. The van der Waals surface area contributed by atoms with Crippen molar-refractivity contribution in [3.8, 4) is 11.6 Å². The lowest BCUT2D eigenvalue weighted by Crippen LogP contribution is -2.65. The lowest BCUT2D eigenvalue weighted by atomic mass is 9.58. The average molecular weight is 939 g/mol. The van der Waals surface area contributed by atoms with Crippen LogP contribution >= 0.6 is 11.6 Å². The van der Waals surface area contributed by atoms with Crippen LogP contribution in [-0.4, -0.2) is 65.2 Å². The topological polar surface area (TPSA) is 115 Å². The number of hydrogen-bond acceptors (Lipinski definition) is 10. The molecule has 67 heavy (non-hydrogen) atoms. The van der Waals surface area contributed by atoms with Crippen LogP contribution in [0.3, 0.4) is 0 Å². The summed E-state index contributed by atoms with van der Waals surface area (Å²) in [5.74, 6) is -1.96. The Hall–Kier alpha value is -5.56. The van der Waals surface area contributed by atoms with Gasteiger partial charge < -0.3 is 23.5 Å². The van der Waals surface area contributed by atoms with Gasteiger partial charge in [0.05, 0.1) is 11.6 Å². The van der Waals surface area contributed by atoms with Gasteiger partial charge in [0.2, 0.25) is 5.78 Å². The first-order valence-corrected chi connectivity index (χ1v) is 26.6. The fourth-order valence-corrected chi connectivity index (χ4v) is 12.1. The summed E-state index contributed by atoms with van der Waals surface area (Å²) >= 11 is 7.54. The van der Waals surface area contributed by atoms with Crippen LogP contribution in [0.25, 0.3) is 0 Å². The lowest BCUT2D eigenvalue weighted by molar-refractivity contribution is -0.0524. The van der Waals surface area contributed by atoms with Crippen molar-refractivity contribution in [2.45, 2.75) is 96.1 Å². The lowest BCUT2D eigenvalue weighted by Gasteiger charge is -2.55. The Kier molecular flexibility index (Phi) is 12.8. The molecule has 1 unspecified atom stereocenters. The molecular formula is C55H60ClN3O7Si. The van der Waals surface area contributed by atoms with E-state index in [9.17, 15) is 5.11 Å². The Balaban J connectivity index is 1.21. The maximum absolute atomic E-state index is 16.0. The van der Waals surface area contributed by atoms with E-state index in [0.717, 1.165) is 36.2 Å². The average Bonchev–Trinajstić information content (AvgIpc) is 3.73. The first-order chi connectivity index (χ1) is 32.2. The van der Waals surface area contributed by atoms with Gasteiger partial charge in [-0.05, 0) is 87.9 Å². The number of aliphatic hydroxyl groups excluding tert-OH is 1. The normalized spacial score (nSPS) is 21.5. The predicted octanol–water partition coefficient (Wildman–Crippen LogP) is 11.6. The number of rotatable bonds is 15. The number of allylic oxidation sites excluding steroid dienone is 1. The molecule has 4 aromatic carbocycles. The fourth-order valence-electron chi connectivity index (χ4n) is 10.4. The maximum Gasteiger partial charge on any atom is 0.265 e. The molecule has 1 N–H and O–H groups in total. The predicted molar refractivity (Wildman–Crippen MR) is 263 cm³/mol. The summed E-state index contributed by atoms with van der Waals surface area (Å²) in [5, 5.41) is 17.9. The van der Waals surface area contributed by atoms with E-state index < -0.39 is 48.4 Å². The Morgan fingerprint density at radius 1 is 0.925 bits per heavy atom. The molecule has 0 bridgehead atoms. The fraction of sp³-hybridized carbons (Fsp3) is 0.364. The number of carbonyl (C=O) groups excluding carboxylic acids is 2. The number of ketones is 2. The molecule has 3 aliphatic carbocycles. The van der Waals surface area contributed by atoms with Gasteiger partial charge in [0.25, 0.3) is 5.88 Å². The minimum absolute atomic E-state index is 0.00370. The number of nitrogens with zero attached hydrogens (tertiary/aromatic N) is 3. The Bertz CT molecular complexity index is 2730. The minimum atomic E-state index is -2.98. The van der Waals surface area contributed by atoms with Crippen molar-refractivity contribution in [2.75, 3.05) is 19.6 Å². The summed E-state index contributed by atoms with van der Waals surface area (Å²) < 4.78 is 26.7. The van der Waals surface area contributed by atoms with Crippen molar-refractivity contribution >= 4 is 31.5 Å². The van der Waals surface area contributed by atoms with Crippen LogP contribution in [-0.2, 0) is 43.6 Å². The van der Waals surface area contributed by atoms with Crippen molar-refractivity contribution in [2.24, 2.45) is 11.8 Å². The minimum Gasteiger partial charge on any atom is -0.508 e. The summed E-state index contributed by atoms with van der Waals surface area (Å²) in [6.07, 6.45) is 5.12. The van der Waals surface area contributed by atoms with E-state index in [-0.39, 0.29) is 42.4 Å². The molecule has 0 amide bonds. The number of ether oxygens (including phenoxy) is 2. The SMILES string of the molecule is C=CCN(CC=C)[C@@H]1c2onc(OCc3ccccc3)c2C(=O)C2(O[Si](C)(C)C(C)(C)C)C(O)=C3C(=O)c4c(OCc5ccccc5)cc(CN5CCc6ccccc6C5)c(Cl)c4C[C@H]3C[C@@H]12. The van der Waals surface area contributed by atoms with Gasteiger partial charge in [-0.15, -0.1) is 13.2 Å². The molecule has 12 heteroatoms. The third kappa shape index (κ3) is 8.43. The van der Waals surface area contributed by atoms with Crippen molar-refractivity contribution in [3.05, 3.63) is 183 Å². The van der Waals surface area contributed by atoms with Crippen molar-refractivity contribution < 1.29 is 33.1 Å². The number of carbonyl (C=O) groups is 2. The highest BCUT2D eigenvalue weighted by atomic mass is 35.5. The van der Waals surface area contributed by atoms with Crippen molar-refractivity contribution in [3.63, 3.8) is 0 Å². The van der Waals surface area contributed by atoms with Gasteiger partial charge in [-0.25, -0.2) is 0 Å². The first kappa shape index (κ1) is 46.5. The zero-order chi connectivity index (χ0) is 47.3. The number of aromatic nitrogens is 1. The van der Waals surface area contributed by atoms with Gasteiger partial charge in [-0.3, -0.25) is 19.4 Å². The van der Waals surface area contributed by atoms with Crippen molar-refractivity contribution in [1.29, 1.82) is 0 Å². The highest BCUT2D eigenvalue weighted by Crippen LogP contribution is 2.60. The first-order valence-electron chi connectivity index (χ1n) is 23.3. The second-order valence-electron chi connectivity index (χ2n) is 19.9. The molecule has 4 aliphatic rings. The molecule has 0 saturated heterocycles. The standard InChI is InChI=1S/C55H60ClN3O7Si/c1-8-25-59(26-9-2)48-42-29-39-28-41-45(43(63-33-35-18-12-10-13-19-35)30-40(47(41)56)32-58-27-24-37-22-16-17-23-38(37)31-58)49(60)44(39)51(61)55(42,66-67(6,7)54(3,4)5)52(62)46-50(48)65-57-53(46)64-34-36-20-14-11-15-21-36/h8-23,30,39,42,48,61H,1-2,24-29,31-34H2,3-7H3/t39-,42-,48-,55?/m0/s1. The molecule has 0 spiro atoms. The smallest absolute Gasteiger partial charge is 0.265 e. The van der Waals surface area contributed by atoms with Crippen LogP contribution in [0.2, 0.25) is 23.2 Å². The molecule has 1 aromatic heterocycles. The second kappa shape index (κ2) is 18.5. The van der Waals surface area contributed by atoms with Crippen LogP contribution in [0, 0.1) is 11.8 Å². The number of hydrogen-bond donors (Lipinski definition) is 1. The van der Waals surface area contributed by atoms with Crippen molar-refractivity contribution in [1.82, 2.24) is 15.0 Å². The van der Waals surface area contributed by atoms with E-state index in [0.29, 0.717) is 53.7 Å². The number of aliphatic hydroxyl groups is 1. The van der Waals surface area contributed by atoms with E-state index in [4.69, 9.17) is 30.0 Å². The van der Waals surface area contributed by atoms with Crippen LogP contribution in [0.5, 0.6) is 11.6 Å². The molecule has 9 rings (SSSR count). The summed E-state index contributed by atoms with van der Waals surface area (Å²) in [6.45, 7) is 21.8. The van der Waals surface area contributed by atoms with Gasteiger partial charge in [0.15, 0.2) is 25.5 Å². The summed E-state index contributed by atoms with van der Waals surface area (Å²) in [7, 11) is -2.98. The van der Waals surface area contributed by atoms with Gasteiger partial charge in [-0.2, -0.15) is 0 Å². The summed E-state index contributed by atoms with van der Waals surface area (Å²) in [4.78, 5) is 36.2. The van der Waals surface area contributed by atoms with E-state index in [1.54, 1.807) is 12.2 Å². The van der Waals surface area contributed by atoms with Gasteiger partial charge in [0, 0.05) is 49.2 Å². The Morgan fingerprint density at radius 2 is 1.55 bits per heavy atom. The summed E-state index contributed by atoms with van der Waals surface area (Å²) in [5.41, 5.74) is 4.49. The number of Topliss-reactive ketones (excluding diaryl/α,β-unsaturated/α-hetero) is 2. The molecule has 348 valence electrons. The van der Waals surface area contributed by atoms with E-state index in [2.05, 4.69) is 86.2 Å². The third-order valence-corrected chi connectivity index (χ3v) is 19.6. The molecule has 10 nitrogen and oxygen atoms in total. The molecule has 5 aromatic rings. The molecule has 2 heterocycles. The van der Waals surface area contributed by atoms with Gasteiger partial charge in [-0.1, -0.05) is 129 Å². The zero-order valence-corrected chi connectivity index (χ0v) is 40.9. The summed E-state index contributed by atoms with van der Waals surface area (Å²) in [6, 6.07) is 29.2. The Morgan fingerprint density at radius 3 is 2.19 bits per heavy atom. The van der Waals surface area contributed by atoms with Gasteiger partial charge >= 0.3 is 0 Å². The third-order valence-electron chi connectivity index (χ3n) is 14.7. The van der Waals surface area contributed by atoms with E-state index in [1.807, 2.05) is 66.7 Å². The number of benzene rings is 4. The van der Waals surface area contributed by atoms with E-state index in [1.165, 1.54) is 11.1 Å².